The molecule has 2 amide bonds. The summed E-state index contributed by atoms with van der Waals surface area (Å²) in [5, 5.41) is 0. The molecule has 2 rings (SSSR count). The van der Waals surface area contributed by atoms with Crippen molar-refractivity contribution >= 4 is 11.8 Å². The van der Waals surface area contributed by atoms with Gasteiger partial charge >= 0.3 is 0 Å². The number of carbonyl (C=O) groups is 2. The summed E-state index contributed by atoms with van der Waals surface area (Å²) in [6.45, 7) is 5.76. The van der Waals surface area contributed by atoms with E-state index in [4.69, 9.17) is 0 Å². The van der Waals surface area contributed by atoms with Gasteiger partial charge in [-0.05, 0) is 37.8 Å². The van der Waals surface area contributed by atoms with Crippen LogP contribution in [0.2, 0.25) is 0 Å². The van der Waals surface area contributed by atoms with Crippen molar-refractivity contribution in [3.8, 4) is 0 Å². The maximum Gasteiger partial charge on any atom is 0.242 e. The van der Waals surface area contributed by atoms with Gasteiger partial charge in [-0.1, -0.05) is 33.1 Å². The van der Waals surface area contributed by atoms with Gasteiger partial charge in [0.1, 0.15) is 0 Å². The van der Waals surface area contributed by atoms with Crippen LogP contribution in [0.4, 0.5) is 0 Å². The van der Waals surface area contributed by atoms with Gasteiger partial charge in [0.2, 0.25) is 11.8 Å². The van der Waals surface area contributed by atoms with Crippen LogP contribution in [0.5, 0.6) is 0 Å². The van der Waals surface area contributed by atoms with Crippen molar-refractivity contribution in [2.45, 2.75) is 77.8 Å². The molecular weight excluding hydrogens is 326 g/mol. The predicted molar refractivity (Wildman–Crippen MR) is 105 cm³/mol. The summed E-state index contributed by atoms with van der Waals surface area (Å²) in [6, 6.07) is 4.42. The van der Waals surface area contributed by atoms with Crippen LogP contribution >= 0.6 is 0 Å². The first-order valence-electron chi connectivity index (χ1n) is 10.2. The minimum absolute atomic E-state index is 0.0871. The second-order valence-corrected chi connectivity index (χ2v) is 7.49. The van der Waals surface area contributed by atoms with Gasteiger partial charge in [0, 0.05) is 37.9 Å². The molecular formula is C21H35N3O2. The summed E-state index contributed by atoms with van der Waals surface area (Å²) < 4.78 is 2.06. The van der Waals surface area contributed by atoms with E-state index in [1.807, 2.05) is 24.2 Å². The third kappa shape index (κ3) is 6.19. The van der Waals surface area contributed by atoms with E-state index < -0.39 is 0 Å². The van der Waals surface area contributed by atoms with Gasteiger partial charge in [0.15, 0.2) is 0 Å². The molecule has 0 radical (unpaired) electrons. The van der Waals surface area contributed by atoms with Gasteiger partial charge in [0.25, 0.3) is 0 Å². The van der Waals surface area contributed by atoms with Crippen molar-refractivity contribution in [1.29, 1.82) is 0 Å². The van der Waals surface area contributed by atoms with Gasteiger partial charge in [-0.15, -0.1) is 0 Å². The van der Waals surface area contributed by atoms with Crippen LogP contribution in [-0.2, 0) is 23.2 Å². The molecule has 1 heterocycles. The van der Waals surface area contributed by atoms with Gasteiger partial charge in [-0.3, -0.25) is 9.59 Å². The molecule has 146 valence electrons. The highest BCUT2D eigenvalue weighted by atomic mass is 16.2. The highest BCUT2D eigenvalue weighted by Crippen LogP contribution is 2.28. The zero-order valence-electron chi connectivity index (χ0n) is 16.7. The molecule has 26 heavy (non-hydrogen) atoms. The van der Waals surface area contributed by atoms with Crippen LogP contribution in [0.1, 0.15) is 70.9 Å². The van der Waals surface area contributed by atoms with Gasteiger partial charge < -0.3 is 14.4 Å². The Balaban J connectivity index is 1.93. The molecule has 5 nitrogen and oxygen atoms in total. The summed E-state index contributed by atoms with van der Waals surface area (Å²) in [5.74, 6) is 0.218. The predicted octanol–water partition coefficient (Wildman–Crippen LogP) is 3.73. The number of amides is 2. The van der Waals surface area contributed by atoms with E-state index >= 15 is 0 Å². The van der Waals surface area contributed by atoms with E-state index in [0.717, 1.165) is 37.8 Å². The summed E-state index contributed by atoms with van der Waals surface area (Å²) in [5.41, 5.74) is 1.14. The highest BCUT2D eigenvalue weighted by molar-refractivity contribution is 5.85. The Morgan fingerprint density at radius 2 is 1.88 bits per heavy atom. The minimum atomic E-state index is 0.0871. The fourth-order valence-corrected chi connectivity index (χ4v) is 3.32. The standard InChI is InChI=1S/C21H35N3O2/c1-4-6-7-8-11-20(25)23(14-5-2)17-21(26)24(18-12-13-18)16-19-10-9-15-22(19)3/h9-10,15,18H,4-8,11-14,16-17H2,1-3H3. The van der Waals surface area contributed by atoms with Crippen LogP contribution in [-0.4, -0.2) is 45.3 Å². The maximum absolute atomic E-state index is 13.0. The lowest BCUT2D eigenvalue weighted by Crippen LogP contribution is -2.44. The Morgan fingerprint density at radius 1 is 1.12 bits per heavy atom. The van der Waals surface area contributed by atoms with E-state index in [1.54, 1.807) is 4.90 Å². The molecule has 0 aliphatic heterocycles. The Hall–Kier alpha value is -1.78. The number of hydrogen-bond donors (Lipinski definition) is 0. The fourth-order valence-electron chi connectivity index (χ4n) is 3.32. The Bertz CT molecular complexity index is 578. The Morgan fingerprint density at radius 3 is 2.46 bits per heavy atom. The average Bonchev–Trinajstić information content (AvgIpc) is 3.38. The molecule has 0 saturated heterocycles. The molecule has 5 heteroatoms. The van der Waals surface area contributed by atoms with Crippen LogP contribution in [0, 0.1) is 0 Å². The average molecular weight is 362 g/mol. The zero-order chi connectivity index (χ0) is 18.9. The molecule has 1 saturated carbocycles. The molecule has 0 bridgehead atoms. The topological polar surface area (TPSA) is 45.6 Å². The highest BCUT2D eigenvalue weighted by Gasteiger charge is 2.33. The first-order chi connectivity index (χ1) is 12.6. The molecule has 1 aliphatic rings. The maximum atomic E-state index is 13.0. The SMILES string of the molecule is CCCCCCC(=O)N(CCC)CC(=O)N(Cc1cccn1C)C1CC1. The first kappa shape index (κ1) is 20.5. The molecule has 1 aromatic heterocycles. The van der Waals surface area contributed by atoms with E-state index in [1.165, 1.54) is 12.8 Å². The largest absolute Gasteiger partial charge is 0.353 e. The third-order valence-electron chi connectivity index (χ3n) is 5.11. The van der Waals surface area contributed by atoms with Gasteiger partial charge in [-0.25, -0.2) is 0 Å². The molecule has 1 aromatic rings. The number of hydrogen-bond acceptors (Lipinski definition) is 2. The monoisotopic (exact) mass is 361 g/mol. The van der Waals surface area contributed by atoms with Gasteiger partial charge in [0.05, 0.1) is 13.1 Å². The second kappa shape index (κ2) is 10.4. The van der Waals surface area contributed by atoms with Crippen LogP contribution < -0.4 is 0 Å². The number of unbranched alkanes of at least 4 members (excludes halogenated alkanes) is 3. The molecule has 0 atom stereocenters. The third-order valence-corrected chi connectivity index (χ3v) is 5.11. The summed E-state index contributed by atoms with van der Waals surface area (Å²) in [7, 11) is 2.01. The van der Waals surface area contributed by atoms with Crippen molar-refractivity contribution in [3.05, 3.63) is 24.0 Å². The molecule has 1 fully saturated rings. The molecule has 0 aromatic carbocycles. The molecule has 0 unspecified atom stereocenters. The Kier molecular flexibility index (Phi) is 8.20. The minimum Gasteiger partial charge on any atom is -0.353 e. The zero-order valence-corrected chi connectivity index (χ0v) is 16.7. The summed E-state index contributed by atoms with van der Waals surface area (Å²) >= 11 is 0. The van der Waals surface area contributed by atoms with Crippen molar-refractivity contribution < 1.29 is 9.59 Å². The normalized spacial score (nSPS) is 13.7. The van der Waals surface area contributed by atoms with Crippen LogP contribution in [0.15, 0.2) is 18.3 Å². The molecule has 0 spiro atoms. The van der Waals surface area contributed by atoms with Gasteiger partial charge in [-0.2, -0.15) is 0 Å². The lowest BCUT2D eigenvalue weighted by atomic mass is 10.1. The number of aromatic nitrogens is 1. The lowest BCUT2D eigenvalue weighted by molar-refractivity contribution is -0.141. The first-order valence-corrected chi connectivity index (χ1v) is 10.2. The fraction of sp³-hybridized carbons (Fsp3) is 0.714. The number of rotatable bonds is 12. The summed E-state index contributed by atoms with van der Waals surface area (Å²) in [4.78, 5) is 29.3. The van der Waals surface area contributed by atoms with Crippen molar-refractivity contribution in [2.75, 3.05) is 13.1 Å². The van der Waals surface area contributed by atoms with Crippen LogP contribution in [0.25, 0.3) is 0 Å². The lowest BCUT2D eigenvalue weighted by Gasteiger charge is -2.28. The quantitative estimate of drug-likeness (QED) is 0.533. The van der Waals surface area contributed by atoms with E-state index in [9.17, 15) is 9.59 Å². The van der Waals surface area contributed by atoms with E-state index in [-0.39, 0.29) is 18.4 Å². The number of aryl methyl sites for hydroxylation is 1. The molecule has 1 aliphatic carbocycles. The van der Waals surface area contributed by atoms with Crippen molar-refractivity contribution in [3.63, 3.8) is 0 Å². The number of carbonyl (C=O) groups excluding carboxylic acids is 2. The van der Waals surface area contributed by atoms with Crippen LogP contribution in [0.3, 0.4) is 0 Å². The smallest absolute Gasteiger partial charge is 0.242 e. The van der Waals surface area contributed by atoms with E-state index in [2.05, 4.69) is 24.5 Å². The second-order valence-electron chi connectivity index (χ2n) is 7.49. The number of nitrogens with zero attached hydrogens (tertiary/aromatic N) is 3. The Labute approximate surface area is 158 Å². The van der Waals surface area contributed by atoms with Crippen molar-refractivity contribution in [1.82, 2.24) is 14.4 Å². The summed E-state index contributed by atoms with van der Waals surface area (Å²) in [6.07, 6.45) is 9.98. The van der Waals surface area contributed by atoms with Crippen molar-refractivity contribution in [2.24, 2.45) is 7.05 Å². The van der Waals surface area contributed by atoms with E-state index in [0.29, 0.717) is 25.6 Å². The molecule has 0 N–H and O–H groups in total.